The van der Waals surface area contributed by atoms with E-state index in [1.807, 2.05) is 0 Å². The molecule has 0 aromatic carbocycles. The van der Waals surface area contributed by atoms with Crippen LogP contribution in [0.4, 0.5) is 0 Å². The summed E-state index contributed by atoms with van der Waals surface area (Å²) in [6.07, 6.45) is 4.01. The van der Waals surface area contributed by atoms with Crippen LogP contribution in [0.3, 0.4) is 0 Å². The minimum Gasteiger partial charge on any atom is -0.411 e. The Morgan fingerprint density at radius 3 is 2.29 bits per heavy atom. The fraction of sp³-hybridized carbons (Fsp3) is 1.00. The van der Waals surface area contributed by atoms with Crippen molar-refractivity contribution in [2.45, 2.75) is 121 Å². The van der Waals surface area contributed by atoms with Gasteiger partial charge in [0.15, 0.2) is 8.32 Å². The third-order valence-corrected chi connectivity index (χ3v) is 15.4. The van der Waals surface area contributed by atoms with E-state index in [2.05, 4.69) is 54.6 Å². The lowest BCUT2D eigenvalue weighted by Crippen LogP contribution is -2.46. The Balaban J connectivity index is 2.05. The van der Waals surface area contributed by atoms with Crippen molar-refractivity contribution in [3.63, 3.8) is 0 Å². The van der Waals surface area contributed by atoms with Gasteiger partial charge in [-0.25, -0.2) is 4.57 Å². The van der Waals surface area contributed by atoms with Crippen LogP contribution in [0.2, 0.25) is 18.1 Å². The Hall–Kier alpha value is 0.597. The van der Waals surface area contributed by atoms with Gasteiger partial charge in [-0.3, -0.25) is 9.05 Å². The summed E-state index contributed by atoms with van der Waals surface area (Å²) < 4.78 is 44.3. The molecule has 2 heterocycles. The third kappa shape index (κ3) is 8.09. The van der Waals surface area contributed by atoms with E-state index in [0.717, 1.165) is 32.1 Å². The Morgan fingerprint density at radius 2 is 1.71 bits per heavy atom. The molecule has 184 valence electrons. The fourth-order valence-electron chi connectivity index (χ4n) is 3.70. The highest BCUT2D eigenvalue weighted by atomic mass is 32.7. The monoisotopic (exact) mass is 496 g/mol. The lowest BCUT2D eigenvalue weighted by molar-refractivity contribution is 0.00544. The predicted octanol–water partition coefficient (Wildman–Crippen LogP) is 6.80. The molecule has 0 spiro atoms. The third-order valence-electron chi connectivity index (χ3n) is 6.62. The second-order valence-electron chi connectivity index (χ2n) is 10.3. The summed E-state index contributed by atoms with van der Waals surface area (Å²) in [7, 11) is -1.92. The molecule has 0 aromatic rings. The fourth-order valence-corrected chi connectivity index (χ4v) is 9.42. The maximum absolute atomic E-state index is 13.8. The first-order valence-corrected chi connectivity index (χ1v) is 17.9. The van der Waals surface area contributed by atoms with Crippen molar-refractivity contribution in [3.8, 4) is 0 Å². The quantitative estimate of drug-likeness (QED) is 0.217. The zero-order chi connectivity index (χ0) is 23.3. The van der Waals surface area contributed by atoms with Crippen molar-refractivity contribution in [1.29, 1.82) is 0 Å². The van der Waals surface area contributed by atoms with E-state index in [-0.39, 0.29) is 41.3 Å². The number of rotatable bonds is 12. The van der Waals surface area contributed by atoms with Crippen LogP contribution >= 0.6 is 18.2 Å². The molecule has 0 radical (unpaired) electrons. The van der Waals surface area contributed by atoms with Gasteiger partial charge in [0.2, 0.25) is 0 Å². The van der Waals surface area contributed by atoms with Crippen molar-refractivity contribution < 1.29 is 27.5 Å². The Morgan fingerprint density at radius 1 is 1.10 bits per heavy atom. The number of hydrogen-bond donors (Lipinski definition) is 0. The molecule has 0 aliphatic carbocycles. The van der Waals surface area contributed by atoms with Gasteiger partial charge in [0, 0.05) is 24.9 Å². The predicted molar refractivity (Wildman–Crippen MR) is 131 cm³/mol. The van der Waals surface area contributed by atoms with E-state index in [0.29, 0.717) is 13.2 Å². The van der Waals surface area contributed by atoms with E-state index < -0.39 is 15.1 Å². The molecule has 6 atom stereocenters. The van der Waals surface area contributed by atoms with Gasteiger partial charge < -0.3 is 13.9 Å². The molecular formula is C22H45O6PSSi. The average molecular weight is 497 g/mol. The summed E-state index contributed by atoms with van der Waals surface area (Å²) >= 11 is 1.34. The summed E-state index contributed by atoms with van der Waals surface area (Å²) in [4.78, 5) is 0. The Labute approximate surface area is 195 Å². The molecule has 0 saturated carbocycles. The van der Waals surface area contributed by atoms with Crippen LogP contribution in [0.1, 0.15) is 73.6 Å². The zero-order valence-electron chi connectivity index (χ0n) is 20.8. The first-order chi connectivity index (χ1) is 14.4. The first kappa shape index (κ1) is 27.8. The van der Waals surface area contributed by atoms with Crippen molar-refractivity contribution >= 4 is 26.5 Å². The van der Waals surface area contributed by atoms with Crippen molar-refractivity contribution in [2.24, 2.45) is 0 Å². The van der Waals surface area contributed by atoms with Gasteiger partial charge in [0.25, 0.3) is 0 Å². The maximum atomic E-state index is 13.8. The van der Waals surface area contributed by atoms with Gasteiger partial charge in [-0.15, -0.1) is 0 Å². The molecule has 0 aromatic heterocycles. The minimum absolute atomic E-state index is 0.0172. The molecule has 0 bridgehead atoms. The summed E-state index contributed by atoms with van der Waals surface area (Å²) in [6, 6.07) is 0. The molecule has 2 aliphatic rings. The van der Waals surface area contributed by atoms with Gasteiger partial charge >= 0.3 is 6.80 Å². The molecule has 3 unspecified atom stereocenters. The van der Waals surface area contributed by atoms with E-state index in [9.17, 15) is 4.57 Å². The van der Waals surface area contributed by atoms with Crippen molar-refractivity contribution in [1.82, 2.24) is 0 Å². The summed E-state index contributed by atoms with van der Waals surface area (Å²) in [6.45, 7) is 15.7. The topological polar surface area (TPSA) is 63.2 Å². The molecule has 0 amide bonds. The zero-order valence-corrected chi connectivity index (χ0v) is 23.6. The number of ether oxygens (including phenoxy) is 2. The van der Waals surface area contributed by atoms with Gasteiger partial charge in [-0.05, 0) is 48.8 Å². The highest BCUT2D eigenvalue weighted by Crippen LogP contribution is 2.64. The van der Waals surface area contributed by atoms with Crippen LogP contribution in [0.15, 0.2) is 0 Å². The Bertz CT molecular complexity index is 599. The molecule has 2 saturated heterocycles. The van der Waals surface area contributed by atoms with Gasteiger partial charge in [0.05, 0.1) is 24.9 Å². The lowest BCUT2D eigenvalue weighted by Gasteiger charge is -2.39. The highest BCUT2D eigenvalue weighted by Gasteiger charge is 2.44. The largest absolute Gasteiger partial charge is 0.411 e. The van der Waals surface area contributed by atoms with Crippen LogP contribution in [-0.2, 0) is 27.5 Å². The Kier molecular flexibility index (Phi) is 10.6. The lowest BCUT2D eigenvalue weighted by atomic mass is 10.1. The molecule has 6 nitrogen and oxygen atoms in total. The van der Waals surface area contributed by atoms with Crippen LogP contribution in [0.5, 0.6) is 0 Å². The van der Waals surface area contributed by atoms with Crippen LogP contribution in [-0.4, -0.2) is 57.8 Å². The van der Waals surface area contributed by atoms with Crippen LogP contribution in [0.25, 0.3) is 0 Å². The molecule has 31 heavy (non-hydrogen) atoms. The summed E-state index contributed by atoms with van der Waals surface area (Å²) in [5.41, 5.74) is 0. The molecule has 2 fully saturated rings. The summed E-state index contributed by atoms with van der Waals surface area (Å²) in [5, 5.41) is 0.324. The normalized spacial score (nSPS) is 30.5. The maximum Gasteiger partial charge on any atom is 0.389 e. The number of hydrogen-bond acceptors (Lipinski definition) is 7. The summed E-state index contributed by atoms with van der Waals surface area (Å²) in [5.74, 6) is 0. The molecule has 9 heteroatoms. The van der Waals surface area contributed by atoms with Gasteiger partial charge in [0.1, 0.15) is 6.10 Å². The van der Waals surface area contributed by atoms with Crippen LogP contribution in [0, 0.1) is 0 Å². The van der Waals surface area contributed by atoms with Crippen molar-refractivity contribution in [3.05, 3.63) is 0 Å². The van der Waals surface area contributed by atoms with E-state index >= 15 is 0 Å². The van der Waals surface area contributed by atoms with E-state index in [1.165, 1.54) is 11.4 Å². The SMILES string of the molecule is CCCC(C)S[P@@](=O)(OC[C@H]1OCCC1O[Si](C)(C)C(C)(C)C)OC1CCO[C@@H]1CC. The second-order valence-corrected chi connectivity index (χ2v) is 19.4. The van der Waals surface area contributed by atoms with Crippen molar-refractivity contribution in [2.75, 3.05) is 19.8 Å². The van der Waals surface area contributed by atoms with Gasteiger partial charge in [-0.1, -0.05) is 48.0 Å². The minimum atomic E-state index is -3.36. The molecular weight excluding hydrogens is 451 g/mol. The molecule has 0 N–H and O–H groups in total. The average Bonchev–Trinajstić information content (AvgIpc) is 3.27. The van der Waals surface area contributed by atoms with Gasteiger partial charge in [-0.2, -0.15) is 0 Å². The first-order valence-electron chi connectivity index (χ1n) is 11.9. The molecule has 2 aliphatic heterocycles. The molecule has 2 rings (SSSR count). The second kappa shape index (κ2) is 11.8. The van der Waals surface area contributed by atoms with E-state index in [4.69, 9.17) is 22.9 Å². The highest BCUT2D eigenvalue weighted by molar-refractivity contribution is 8.55. The van der Waals surface area contributed by atoms with E-state index in [1.54, 1.807) is 0 Å². The standard InChI is InChI=1S/C22H45O6PSSi/c1-9-11-17(3)30-29(23,27-19-12-14-24-18(19)10-2)26-16-21-20(13-15-25-21)28-31(7,8)22(4,5)6/h17-21H,9-16H2,1-8H3/t17?,18-,19?,20?,21-,29+/m1/s1. The smallest absolute Gasteiger partial charge is 0.389 e. The van der Waals surface area contributed by atoms with Crippen LogP contribution < -0.4 is 0 Å².